The molecule has 1 fully saturated rings. The molecule has 0 atom stereocenters. The van der Waals surface area contributed by atoms with Crippen LogP contribution in [0.1, 0.15) is 12.8 Å². The monoisotopic (exact) mass is 480 g/mol. The number of hydrogen-bond acceptors (Lipinski definition) is 7. The Balaban J connectivity index is 1.48. The molecule has 1 aliphatic rings. The first-order valence-corrected chi connectivity index (χ1v) is 12.4. The second-order valence-electron chi connectivity index (χ2n) is 7.42. The van der Waals surface area contributed by atoms with Gasteiger partial charge in [0.05, 0.1) is 25.2 Å². The van der Waals surface area contributed by atoms with Crippen molar-refractivity contribution in [2.45, 2.75) is 23.0 Å². The lowest BCUT2D eigenvalue weighted by molar-refractivity contribution is 0.385. The Bertz CT molecular complexity index is 1200. The number of benzene rings is 2. The normalized spacial score (nSPS) is 15.1. The van der Waals surface area contributed by atoms with Gasteiger partial charge < -0.3 is 14.4 Å². The van der Waals surface area contributed by atoms with Gasteiger partial charge in [-0.05, 0) is 37.1 Å². The average Bonchev–Trinajstić information content (AvgIpc) is 3.28. The SMILES string of the molecule is COc1ccc(S(=O)(=O)C2CCN(c3nc(-c4cc(F)cc(F)c4)cs3)CC2)c(OC)c1. The molecular formula is C22H22F2N2O4S2. The van der Waals surface area contributed by atoms with Crippen molar-refractivity contribution in [3.63, 3.8) is 0 Å². The molecule has 2 aromatic carbocycles. The number of aromatic nitrogens is 1. The summed E-state index contributed by atoms with van der Waals surface area (Å²) in [5.74, 6) is -0.531. The summed E-state index contributed by atoms with van der Waals surface area (Å²) in [6.45, 7) is 1.01. The minimum Gasteiger partial charge on any atom is -0.497 e. The fourth-order valence-corrected chi connectivity index (χ4v) is 6.55. The van der Waals surface area contributed by atoms with E-state index < -0.39 is 26.7 Å². The Morgan fingerprint density at radius 3 is 2.34 bits per heavy atom. The van der Waals surface area contributed by atoms with Crippen LogP contribution >= 0.6 is 11.3 Å². The second kappa shape index (κ2) is 9.03. The van der Waals surface area contributed by atoms with Crippen molar-refractivity contribution in [2.75, 3.05) is 32.2 Å². The quantitative estimate of drug-likeness (QED) is 0.516. The molecule has 2 heterocycles. The summed E-state index contributed by atoms with van der Waals surface area (Å²) in [5.41, 5.74) is 0.857. The van der Waals surface area contributed by atoms with Crippen LogP contribution in [0, 0.1) is 11.6 Å². The number of sulfone groups is 1. The van der Waals surface area contributed by atoms with Gasteiger partial charge in [0.25, 0.3) is 0 Å². The van der Waals surface area contributed by atoms with Crippen molar-refractivity contribution in [2.24, 2.45) is 0 Å². The predicted octanol–water partition coefficient (Wildman–Crippen LogP) is 4.55. The molecule has 0 saturated carbocycles. The maximum Gasteiger partial charge on any atom is 0.185 e. The highest BCUT2D eigenvalue weighted by atomic mass is 32.2. The maximum absolute atomic E-state index is 13.5. The molecule has 0 unspecified atom stereocenters. The van der Waals surface area contributed by atoms with Crippen LogP contribution in [0.15, 0.2) is 46.7 Å². The van der Waals surface area contributed by atoms with Gasteiger partial charge in [0.15, 0.2) is 15.0 Å². The van der Waals surface area contributed by atoms with E-state index in [9.17, 15) is 17.2 Å². The molecule has 0 aliphatic carbocycles. The lowest BCUT2D eigenvalue weighted by atomic mass is 10.1. The number of halogens is 2. The summed E-state index contributed by atoms with van der Waals surface area (Å²) < 4.78 is 64.0. The highest BCUT2D eigenvalue weighted by molar-refractivity contribution is 7.92. The Hall–Kier alpha value is -2.72. The van der Waals surface area contributed by atoms with E-state index >= 15 is 0 Å². The average molecular weight is 481 g/mol. The van der Waals surface area contributed by atoms with Gasteiger partial charge in [0, 0.05) is 36.2 Å². The highest BCUT2D eigenvalue weighted by Gasteiger charge is 2.34. The molecule has 1 aromatic heterocycles. The lowest BCUT2D eigenvalue weighted by Crippen LogP contribution is -2.39. The summed E-state index contributed by atoms with van der Waals surface area (Å²) in [6.07, 6.45) is 0.863. The third kappa shape index (κ3) is 4.42. The van der Waals surface area contributed by atoms with E-state index in [4.69, 9.17) is 9.47 Å². The van der Waals surface area contributed by atoms with Gasteiger partial charge in [-0.3, -0.25) is 0 Å². The fraction of sp³-hybridized carbons (Fsp3) is 0.318. The zero-order valence-electron chi connectivity index (χ0n) is 17.5. The van der Waals surface area contributed by atoms with E-state index in [-0.39, 0.29) is 10.6 Å². The van der Waals surface area contributed by atoms with Crippen LogP contribution in [0.2, 0.25) is 0 Å². The number of hydrogen-bond donors (Lipinski definition) is 0. The van der Waals surface area contributed by atoms with Gasteiger partial charge in [-0.25, -0.2) is 22.2 Å². The molecule has 6 nitrogen and oxygen atoms in total. The summed E-state index contributed by atoms with van der Waals surface area (Å²) in [7, 11) is -0.651. The number of nitrogens with zero attached hydrogens (tertiary/aromatic N) is 2. The van der Waals surface area contributed by atoms with Crippen molar-refractivity contribution in [1.29, 1.82) is 0 Å². The number of rotatable bonds is 6. The van der Waals surface area contributed by atoms with Gasteiger partial charge >= 0.3 is 0 Å². The summed E-state index contributed by atoms with van der Waals surface area (Å²) in [6, 6.07) is 7.99. The largest absolute Gasteiger partial charge is 0.497 e. The van der Waals surface area contributed by atoms with Crippen LogP contribution in [0.3, 0.4) is 0 Å². The Kier molecular flexibility index (Phi) is 6.34. The molecule has 10 heteroatoms. The molecule has 4 rings (SSSR count). The number of piperidine rings is 1. The summed E-state index contributed by atoms with van der Waals surface area (Å²) >= 11 is 1.36. The Labute approximate surface area is 189 Å². The van der Waals surface area contributed by atoms with Crippen LogP contribution in [0.5, 0.6) is 11.5 Å². The number of methoxy groups -OCH3 is 2. The van der Waals surface area contributed by atoms with E-state index in [0.29, 0.717) is 48.1 Å². The first-order chi connectivity index (χ1) is 15.3. The first-order valence-electron chi connectivity index (χ1n) is 9.94. The van der Waals surface area contributed by atoms with Crippen LogP contribution in [0.25, 0.3) is 11.3 Å². The number of ether oxygens (including phenoxy) is 2. The van der Waals surface area contributed by atoms with Gasteiger partial charge in [-0.15, -0.1) is 11.3 Å². The molecule has 0 radical (unpaired) electrons. The van der Waals surface area contributed by atoms with Crippen LogP contribution in [-0.2, 0) is 9.84 Å². The topological polar surface area (TPSA) is 68.7 Å². The number of anilines is 1. The third-order valence-corrected chi connectivity index (χ3v) is 8.68. The van der Waals surface area contributed by atoms with Crippen molar-refractivity contribution in [3.8, 4) is 22.8 Å². The van der Waals surface area contributed by atoms with Crippen LogP contribution in [-0.4, -0.2) is 46.0 Å². The van der Waals surface area contributed by atoms with E-state index in [0.717, 1.165) is 6.07 Å². The van der Waals surface area contributed by atoms with Crippen molar-refractivity contribution in [1.82, 2.24) is 4.98 Å². The van der Waals surface area contributed by atoms with E-state index in [2.05, 4.69) is 4.98 Å². The maximum atomic E-state index is 13.5. The second-order valence-corrected chi connectivity index (χ2v) is 10.5. The molecule has 0 N–H and O–H groups in total. The molecule has 1 saturated heterocycles. The molecule has 170 valence electrons. The van der Waals surface area contributed by atoms with E-state index in [1.54, 1.807) is 17.5 Å². The zero-order valence-corrected chi connectivity index (χ0v) is 19.2. The lowest BCUT2D eigenvalue weighted by Gasteiger charge is -2.31. The highest BCUT2D eigenvalue weighted by Crippen LogP contribution is 2.35. The fourth-order valence-electron chi connectivity index (χ4n) is 3.79. The standard InChI is InChI=1S/C22H22F2N2O4S2/c1-29-17-3-4-21(20(12-17)30-2)32(27,28)18-5-7-26(8-6-18)22-25-19(13-31-22)14-9-15(23)11-16(24)10-14/h3-4,9-13,18H,5-8H2,1-2H3. The van der Waals surface area contributed by atoms with Gasteiger partial charge in [0.2, 0.25) is 0 Å². The van der Waals surface area contributed by atoms with Crippen molar-refractivity contribution in [3.05, 3.63) is 53.4 Å². The zero-order chi connectivity index (χ0) is 22.9. The minimum atomic E-state index is -3.59. The smallest absolute Gasteiger partial charge is 0.185 e. The minimum absolute atomic E-state index is 0.156. The van der Waals surface area contributed by atoms with Gasteiger partial charge in [0.1, 0.15) is 28.0 Å². The molecule has 0 spiro atoms. The van der Waals surface area contributed by atoms with Crippen molar-refractivity contribution >= 4 is 26.3 Å². The Morgan fingerprint density at radius 2 is 1.72 bits per heavy atom. The molecule has 0 amide bonds. The molecule has 3 aromatic rings. The van der Waals surface area contributed by atoms with Crippen LogP contribution in [0.4, 0.5) is 13.9 Å². The van der Waals surface area contributed by atoms with Crippen molar-refractivity contribution < 1.29 is 26.7 Å². The first kappa shape index (κ1) is 22.5. The molecule has 0 bridgehead atoms. The molecule has 32 heavy (non-hydrogen) atoms. The molecule has 1 aliphatic heterocycles. The predicted molar refractivity (Wildman–Crippen MR) is 119 cm³/mol. The van der Waals surface area contributed by atoms with Crippen LogP contribution < -0.4 is 14.4 Å². The Morgan fingerprint density at radius 1 is 1.03 bits per heavy atom. The van der Waals surface area contributed by atoms with Gasteiger partial charge in [-0.1, -0.05) is 0 Å². The van der Waals surface area contributed by atoms with E-state index in [1.807, 2.05) is 4.90 Å². The summed E-state index contributed by atoms with van der Waals surface area (Å²) in [4.78, 5) is 6.66. The summed E-state index contributed by atoms with van der Waals surface area (Å²) in [5, 5.41) is 1.90. The third-order valence-electron chi connectivity index (χ3n) is 5.48. The van der Waals surface area contributed by atoms with Gasteiger partial charge in [-0.2, -0.15) is 0 Å². The molecular weight excluding hydrogens is 458 g/mol. The number of thiazole rings is 1. The van der Waals surface area contributed by atoms with E-state index in [1.165, 1.54) is 43.8 Å².